The highest BCUT2D eigenvalue weighted by Gasteiger charge is 2.42. The summed E-state index contributed by atoms with van der Waals surface area (Å²) in [5.41, 5.74) is 1.77. The van der Waals surface area contributed by atoms with Crippen molar-refractivity contribution in [3.63, 3.8) is 0 Å². The molecule has 12 amide bonds. The second-order valence-corrected chi connectivity index (χ2v) is 30.9. The van der Waals surface area contributed by atoms with Gasteiger partial charge in [-0.05, 0) is 160 Å². The lowest BCUT2D eigenvalue weighted by atomic mass is 10.1. The number of fused-ring (bicyclic) bond motifs is 4. The summed E-state index contributed by atoms with van der Waals surface area (Å²) in [5, 5.41) is 0. The third-order valence-electron chi connectivity index (χ3n) is 15.3. The van der Waals surface area contributed by atoms with Crippen molar-refractivity contribution in [1.82, 2.24) is 9.80 Å². The van der Waals surface area contributed by atoms with Gasteiger partial charge in [0.15, 0.2) is 16.6 Å². The fraction of sp³-hybridized carbons (Fsp3) is 0.161. The Bertz CT molecular complexity index is 3870. The van der Waals surface area contributed by atoms with Gasteiger partial charge in [0.05, 0.1) is 67.3 Å². The molecular weight excluding hydrogens is 1120 g/mol. The zero-order valence-corrected chi connectivity index (χ0v) is 47.9. The van der Waals surface area contributed by atoms with Gasteiger partial charge in [0.1, 0.15) is 23.0 Å². The van der Waals surface area contributed by atoms with E-state index in [2.05, 4.69) is 26.2 Å². The highest BCUT2D eigenvalue weighted by atomic mass is 28.4. The second kappa shape index (κ2) is 20.8. The minimum absolute atomic E-state index is 0.0552. The molecule has 6 aliphatic rings. The van der Waals surface area contributed by atoms with Crippen molar-refractivity contribution in [3.05, 3.63) is 190 Å². The van der Waals surface area contributed by atoms with E-state index in [0.717, 1.165) is 43.9 Å². The predicted octanol–water partition coefficient (Wildman–Crippen LogP) is 8.83. The molecule has 0 aliphatic carbocycles. The standard InChI is InChI=1S/C62H48N6O15Si2/c1-84(2,27-7-25-63-55(73)43-17-13-39(31-47(43)57(63)75)81-41-15-19-45-49(33-41)61(79)67(59(45)77)37-11-5-9-35(29-37)65-51(69)21-22-52(65)70)83-85(3,4)28-8-26-64-56(74)44-18-14-40(32-48(44)58(64)76)82-42-16-20-46-50(34-42)62(80)68(60(46)78)38-12-6-10-36(30-38)66-53(71)23-24-54(66)72/h5-6,9-24,29-34H,7-8,25-28H2,1-4H3. The molecular formula is C62H48N6O15Si2. The topological polar surface area (TPSA) is 252 Å². The summed E-state index contributed by atoms with van der Waals surface area (Å²) in [7, 11) is -4.78. The van der Waals surface area contributed by atoms with Crippen molar-refractivity contribution < 1.29 is 71.1 Å². The van der Waals surface area contributed by atoms with Gasteiger partial charge >= 0.3 is 0 Å². The van der Waals surface area contributed by atoms with Crippen LogP contribution in [0, 0.1) is 0 Å². The third kappa shape index (κ3) is 9.87. The van der Waals surface area contributed by atoms with E-state index in [4.69, 9.17) is 13.6 Å². The van der Waals surface area contributed by atoms with Crippen molar-refractivity contribution in [2.24, 2.45) is 0 Å². The van der Waals surface area contributed by atoms with Gasteiger partial charge in [0.25, 0.3) is 70.9 Å². The zero-order chi connectivity index (χ0) is 60.0. The molecule has 0 saturated carbocycles. The smallest absolute Gasteiger partial charge is 0.266 e. The first kappa shape index (κ1) is 55.2. The number of ether oxygens (including phenoxy) is 2. The lowest BCUT2D eigenvalue weighted by Gasteiger charge is -2.34. The SMILES string of the molecule is C[Si](C)(CCCN1C(=O)c2ccc(Oc3ccc4c(c3)C(=O)N(c3cccc(N5C(=O)C=CC5=O)c3)C4=O)cc2C1=O)O[Si](C)(C)CCCN1C(=O)c2ccc(Oc3ccc4c(c3)C(=O)N(c3cccc(N5C(=O)C=CC5=O)c3)C4=O)cc2C1=O. The number of amides is 12. The Morgan fingerprint density at radius 1 is 0.318 bits per heavy atom. The van der Waals surface area contributed by atoms with E-state index in [1.165, 1.54) is 131 Å². The summed E-state index contributed by atoms with van der Waals surface area (Å²) in [6.07, 6.45) is 5.50. The molecule has 6 aliphatic heterocycles. The molecule has 424 valence electrons. The number of carbonyl (C=O) groups excluding carboxylic acids is 12. The summed E-state index contributed by atoms with van der Waals surface area (Å²) in [6.45, 7) is 8.60. The molecule has 6 aromatic rings. The van der Waals surface area contributed by atoms with Crippen LogP contribution in [0.25, 0.3) is 0 Å². The number of benzene rings is 6. The highest BCUT2D eigenvalue weighted by Crippen LogP contribution is 2.39. The first-order valence-electron chi connectivity index (χ1n) is 27.0. The summed E-state index contributed by atoms with van der Waals surface area (Å²) in [4.78, 5) is 164. The molecule has 0 aromatic heterocycles. The molecule has 6 heterocycles. The number of carbonyl (C=O) groups is 12. The quantitative estimate of drug-likeness (QED) is 0.0576. The molecule has 21 nitrogen and oxygen atoms in total. The Kier molecular flexibility index (Phi) is 13.5. The zero-order valence-electron chi connectivity index (χ0n) is 45.9. The molecule has 0 N–H and O–H groups in total. The number of hydrogen-bond donors (Lipinski definition) is 0. The Balaban J connectivity index is 0.614. The van der Waals surface area contributed by atoms with E-state index in [1.54, 1.807) is 0 Å². The van der Waals surface area contributed by atoms with Crippen molar-refractivity contribution >= 4 is 110 Å². The first-order valence-corrected chi connectivity index (χ1v) is 33.2. The average Bonchev–Trinajstić information content (AvgIpc) is 4.45. The number of nitrogens with zero attached hydrogens (tertiary/aromatic N) is 6. The van der Waals surface area contributed by atoms with Gasteiger partial charge in [-0.2, -0.15) is 0 Å². The van der Waals surface area contributed by atoms with Gasteiger partial charge in [-0.15, -0.1) is 0 Å². The summed E-state index contributed by atoms with van der Waals surface area (Å²) >= 11 is 0. The molecule has 0 saturated heterocycles. The van der Waals surface area contributed by atoms with Crippen LogP contribution in [-0.2, 0) is 23.3 Å². The number of imide groups is 6. The monoisotopic (exact) mass is 1170 g/mol. The fourth-order valence-corrected chi connectivity index (χ4v) is 20.2. The minimum atomic E-state index is -2.39. The van der Waals surface area contributed by atoms with E-state index in [-0.39, 0.29) is 103 Å². The van der Waals surface area contributed by atoms with Crippen LogP contribution < -0.4 is 29.1 Å². The molecule has 12 rings (SSSR count). The lowest BCUT2D eigenvalue weighted by molar-refractivity contribution is -0.121. The second-order valence-electron chi connectivity index (χ2n) is 22.0. The van der Waals surface area contributed by atoms with Gasteiger partial charge in [-0.25, -0.2) is 19.6 Å². The van der Waals surface area contributed by atoms with Crippen LogP contribution in [0.4, 0.5) is 22.7 Å². The molecule has 6 aromatic carbocycles. The number of hydrogen-bond acceptors (Lipinski definition) is 15. The van der Waals surface area contributed by atoms with Gasteiger partial charge in [0.2, 0.25) is 0 Å². The van der Waals surface area contributed by atoms with Gasteiger partial charge in [-0.1, -0.05) is 12.1 Å². The lowest BCUT2D eigenvalue weighted by Crippen LogP contribution is -2.45. The van der Waals surface area contributed by atoms with Gasteiger partial charge < -0.3 is 13.6 Å². The van der Waals surface area contributed by atoms with Crippen LogP contribution in [0.1, 0.15) is 95.7 Å². The molecule has 23 heteroatoms. The average molecular weight is 1170 g/mol. The van der Waals surface area contributed by atoms with Crippen LogP contribution in [0.3, 0.4) is 0 Å². The van der Waals surface area contributed by atoms with Crippen molar-refractivity contribution in [2.75, 3.05) is 32.7 Å². The van der Waals surface area contributed by atoms with Crippen LogP contribution >= 0.6 is 0 Å². The Hall–Kier alpha value is -10.4. The summed E-state index contributed by atoms with van der Waals surface area (Å²) < 4.78 is 19.0. The van der Waals surface area contributed by atoms with E-state index >= 15 is 0 Å². The van der Waals surface area contributed by atoms with Crippen LogP contribution in [0.15, 0.2) is 146 Å². The van der Waals surface area contributed by atoms with E-state index in [0.29, 0.717) is 24.9 Å². The molecule has 0 spiro atoms. The van der Waals surface area contributed by atoms with Crippen molar-refractivity contribution in [3.8, 4) is 23.0 Å². The normalized spacial score (nSPS) is 16.4. The predicted molar refractivity (Wildman–Crippen MR) is 310 cm³/mol. The van der Waals surface area contributed by atoms with E-state index in [9.17, 15) is 57.5 Å². The number of anilines is 4. The number of rotatable bonds is 18. The Labute approximate surface area is 486 Å². The first-order chi connectivity index (χ1) is 40.6. The maximum Gasteiger partial charge on any atom is 0.266 e. The van der Waals surface area contributed by atoms with E-state index < -0.39 is 87.5 Å². The summed E-state index contributed by atoms with van der Waals surface area (Å²) in [5.74, 6) is -5.77. The van der Waals surface area contributed by atoms with Crippen molar-refractivity contribution in [1.29, 1.82) is 0 Å². The molecule has 85 heavy (non-hydrogen) atoms. The van der Waals surface area contributed by atoms with Crippen molar-refractivity contribution in [2.45, 2.75) is 51.1 Å². The largest absolute Gasteiger partial charge is 0.457 e. The van der Waals surface area contributed by atoms with Gasteiger partial charge in [-0.3, -0.25) is 67.3 Å². The summed E-state index contributed by atoms with van der Waals surface area (Å²) in [6, 6.07) is 30.9. The maximum atomic E-state index is 13.7. The fourth-order valence-electron chi connectivity index (χ4n) is 11.4. The van der Waals surface area contributed by atoms with Gasteiger partial charge in [0, 0.05) is 37.4 Å². The maximum absolute atomic E-state index is 13.7. The minimum Gasteiger partial charge on any atom is -0.457 e. The van der Waals surface area contributed by atoms with Crippen LogP contribution in [0.5, 0.6) is 23.0 Å². The molecule has 0 unspecified atom stereocenters. The Morgan fingerprint density at radius 3 is 0.918 bits per heavy atom. The van der Waals surface area contributed by atoms with Crippen LogP contribution in [0.2, 0.25) is 38.3 Å². The molecule has 0 radical (unpaired) electrons. The molecule has 0 bridgehead atoms. The highest BCUT2D eigenvalue weighted by molar-refractivity contribution is 6.84. The molecule has 0 fully saturated rings. The van der Waals surface area contributed by atoms with Crippen LogP contribution in [-0.4, -0.2) is 110 Å². The Morgan fingerprint density at radius 2 is 0.588 bits per heavy atom. The third-order valence-corrected chi connectivity index (χ3v) is 22.8. The van der Waals surface area contributed by atoms with E-state index in [1.807, 2.05) is 0 Å². The molecule has 0 atom stereocenters.